The Morgan fingerprint density at radius 1 is 1.54 bits per heavy atom. The normalized spacial score (nSPS) is 40.8. The molecule has 2 aliphatic carbocycles. The van der Waals surface area contributed by atoms with Crippen molar-refractivity contribution < 1.29 is 4.79 Å². The topological polar surface area (TPSA) is 29.1 Å². The summed E-state index contributed by atoms with van der Waals surface area (Å²) in [5.41, 5.74) is 1.56. The van der Waals surface area contributed by atoms with Crippen molar-refractivity contribution in [2.45, 2.75) is 32.7 Å². The van der Waals surface area contributed by atoms with Crippen molar-refractivity contribution >= 4 is 6.41 Å². The van der Waals surface area contributed by atoms with Gasteiger partial charge in [0.1, 0.15) is 0 Å². The molecule has 1 N–H and O–H groups in total. The van der Waals surface area contributed by atoms with E-state index in [4.69, 9.17) is 0 Å². The average molecular weight is 179 g/mol. The highest BCUT2D eigenvalue weighted by Crippen LogP contribution is 2.58. The van der Waals surface area contributed by atoms with Gasteiger partial charge >= 0.3 is 0 Å². The Hall–Kier alpha value is -0.790. The predicted molar refractivity (Wildman–Crippen MR) is 52.1 cm³/mol. The molecule has 2 rings (SSSR count). The molecule has 2 bridgehead atoms. The zero-order valence-corrected chi connectivity index (χ0v) is 8.34. The third kappa shape index (κ3) is 0.976. The lowest BCUT2D eigenvalue weighted by atomic mass is 9.73. The maximum atomic E-state index is 10.5. The fourth-order valence-corrected chi connectivity index (χ4v) is 3.23. The quantitative estimate of drug-likeness (QED) is 0.507. The second-order valence-electron chi connectivity index (χ2n) is 4.85. The van der Waals surface area contributed by atoms with Gasteiger partial charge in [0, 0.05) is 12.0 Å². The second kappa shape index (κ2) is 2.60. The Labute approximate surface area is 79.4 Å². The van der Waals surface area contributed by atoms with E-state index in [1.54, 1.807) is 0 Å². The number of rotatable bonds is 2. The standard InChI is InChI=1S/C11H17NO/c1-7-8-4-5-9(11(7,2)3)10(8)12-6-13/h6,8-10H,1,4-5H2,2-3H3,(H,12,13). The molecule has 13 heavy (non-hydrogen) atoms. The van der Waals surface area contributed by atoms with Crippen molar-refractivity contribution in [3.8, 4) is 0 Å². The van der Waals surface area contributed by atoms with Gasteiger partial charge in [-0.25, -0.2) is 0 Å². The summed E-state index contributed by atoms with van der Waals surface area (Å²) in [7, 11) is 0. The summed E-state index contributed by atoms with van der Waals surface area (Å²) in [6, 6.07) is 0.361. The molecule has 0 heterocycles. The summed E-state index contributed by atoms with van der Waals surface area (Å²) in [5, 5.41) is 2.95. The average Bonchev–Trinajstić information content (AvgIpc) is 2.53. The first kappa shape index (κ1) is 8.79. The van der Waals surface area contributed by atoms with E-state index >= 15 is 0 Å². The fourth-order valence-electron chi connectivity index (χ4n) is 3.23. The number of hydrogen-bond acceptors (Lipinski definition) is 1. The van der Waals surface area contributed by atoms with Gasteiger partial charge in [-0.3, -0.25) is 4.79 Å². The summed E-state index contributed by atoms with van der Waals surface area (Å²) in [4.78, 5) is 10.5. The lowest BCUT2D eigenvalue weighted by Gasteiger charge is -2.31. The van der Waals surface area contributed by atoms with Crippen LogP contribution in [0.2, 0.25) is 0 Å². The van der Waals surface area contributed by atoms with Crippen molar-refractivity contribution in [3.63, 3.8) is 0 Å². The van der Waals surface area contributed by atoms with E-state index in [-0.39, 0.29) is 5.41 Å². The molecule has 1 amide bonds. The van der Waals surface area contributed by atoms with Gasteiger partial charge in [-0.1, -0.05) is 26.0 Å². The van der Waals surface area contributed by atoms with Crippen LogP contribution in [0.15, 0.2) is 12.2 Å². The van der Waals surface area contributed by atoms with Gasteiger partial charge in [0.2, 0.25) is 6.41 Å². The van der Waals surface area contributed by atoms with Crippen LogP contribution in [0.3, 0.4) is 0 Å². The minimum atomic E-state index is 0.226. The van der Waals surface area contributed by atoms with Gasteiger partial charge in [-0.05, 0) is 24.2 Å². The minimum Gasteiger partial charge on any atom is -0.355 e. The first-order valence-corrected chi connectivity index (χ1v) is 4.98. The Balaban J connectivity index is 2.27. The zero-order chi connectivity index (χ0) is 9.64. The van der Waals surface area contributed by atoms with E-state index in [9.17, 15) is 4.79 Å². The van der Waals surface area contributed by atoms with Crippen LogP contribution >= 0.6 is 0 Å². The van der Waals surface area contributed by atoms with Crippen LogP contribution in [0.1, 0.15) is 26.7 Å². The first-order valence-electron chi connectivity index (χ1n) is 4.98. The third-order valence-corrected chi connectivity index (χ3v) is 4.12. The molecule has 3 atom stereocenters. The maximum Gasteiger partial charge on any atom is 0.207 e. The Morgan fingerprint density at radius 3 is 2.69 bits per heavy atom. The second-order valence-corrected chi connectivity index (χ2v) is 4.85. The van der Waals surface area contributed by atoms with Gasteiger partial charge in [0.15, 0.2) is 0 Å². The molecule has 0 aromatic carbocycles. The summed E-state index contributed by atoms with van der Waals surface area (Å²) in [6.07, 6.45) is 3.28. The van der Waals surface area contributed by atoms with E-state index in [0.717, 1.165) is 6.41 Å². The largest absolute Gasteiger partial charge is 0.355 e. The van der Waals surface area contributed by atoms with Crippen LogP contribution in [0.4, 0.5) is 0 Å². The molecule has 0 aromatic rings. The molecule has 72 valence electrons. The predicted octanol–water partition coefficient (Wildman–Crippen LogP) is 1.72. The van der Waals surface area contributed by atoms with Crippen molar-refractivity contribution in [1.29, 1.82) is 0 Å². The van der Waals surface area contributed by atoms with Crippen LogP contribution in [-0.2, 0) is 4.79 Å². The highest BCUT2D eigenvalue weighted by molar-refractivity contribution is 5.48. The Kier molecular flexibility index (Phi) is 1.76. The van der Waals surface area contributed by atoms with Crippen LogP contribution < -0.4 is 5.32 Å². The molecule has 3 unspecified atom stereocenters. The van der Waals surface area contributed by atoms with E-state index < -0.39 is 0 Å². The van der Waals surface area contributed by atoms with Gasteiger partial charge in [0.05, 0.1) is 0 Å². The highest BCUT2D eigenvalue weighted by Gasteiger charge is 2.54. The van der Waals surface area contributed by atoms with E-state index in [1.807, 2.05) is 0 Å². The molecular weight excluding hydrogens is 162 g/mol. The van der Waals surface area contributed by atoms with Crippen LogP contribution in [0, 0.1) is 17.3 Å². The fraction of sp³-hybridized carbons (Fsp3) is 0.727. The monoisotopic (exact) mass is 179 g/mol. The molecule has 0 aromatic heterocycles. The number of hydrogen-bond donors (Lipinski definition) is 1. The number of amides is 1. The number of nitrogens with one attached hydrogen (secondary N) is 1. The molecule has 0 saturated heterocycles. The molecule has 2 fully saturated rings. The number of fused-ring (bicyclic) bond motifs is 2. The van der Waals surface area contributed by atoms with Crippen molar-refractivity contribution in [2.75, 3.05) is 0 Å². The SMILES string of the molecule is C=C1C2CCC(C2NC=O)C1(C)C. The highest BCUT2D eigenvalue weighted by atomic mass is 16.1. The van der Waals surface area contributed by atoms with E-state index in [0.29, 0.717) is 17.9 Å². The number of carbonyl (C=O) groups is 1. The number of carbonyl (C=O) groups excluding carboxylic acids is 1. The molecule has 0 radical (unpaired) electrons. The molecule has 2 aliphatic rings. The third-order valence-electron chi connectivity index (χ3n) is 4.12. The summed E-state index contributed by atoms with van der Waals surface area (Å²) in [5.74, 6) is 1.14. The molecule has 2 saturated carbocycles. The van der Waals surface area contributed by atoms with Gasteiger partial charge in [0.25, 0.3) is 0 Å². The lowest BCUT2D eigenvalue weighted by Crippen LogP contribution is -2.34. The zero-order valence-electron chi connectivity index (χ0n) is 8.34. The smallest absolute Gasteiger partial charge is 0.207 e. The van der Waals surface area contributed by atoms with Gasteiger partial charge in [-0.2, -0.15) is 0 Å². The van der Waals surface area contributed by atoms with E-state index in [2.05, 4.69) is 25.7 Å². The summed E-state index contributed by atoms with van der Waals surface area (Å²) < 4.78 is 0. The molecular formula is C11H17NO. The molecule has 2 heteroatoms. The molecule has 0 aliphatic heterocycles. The van der Waals surface area contributed by atoms with E-state index in [1.165, 1.54) is 18.4 Å². The van der Waals surface area contributed by atoms with Crippen molar-refractivity contribution in [2.24, 2.45) is 17.3 Å². The summed E-state index contributed by atoms with van der Waals surface area (Å²) >= 11 is 0. The van der Waals surface area contributed by atoms with Crippen LogP contribution in [0.25, 0.3) is 0 Å². The maximum absolute atomic E-state index is 10.5. The first-order chi connectivity index (χ1) is 6.09. The van der Waals surface area contributed by atoms with Crippen LogP contribution in [0.5, 0.6) is 0 Å². The molecule has 0 spiro atoms. The van der Waals surface area contributed by atoms with Crippen LogP contribution in [-0.4, -0.2) is 12.5 Å². The van der Waals surface area contributed by atoms with Crippen molar-refractivity contribution in [1.82, 2.24) is 5.32 Å². The lowest BCUT2D eigenvalue weighted by molar-refractivity contribution is -0.110. The minimum absolute atomic E-state index is 0.226. The Morgan fingerprint density at radius 2 is 2.23 bits per heavy atom. The van der Waals surface area contributed by atoms with Crippen molar-refractivity contribution in [3.05, 3.63) is 12.2 Å². The van der Waals surface area contributed by atoms with Gasteiger partial charge in [-0.15, -0.1) is 0 Å². The molecule has 2 nitrogen and oxygen atoms in total. The van der Waals surface area contributed by atoms with Gasteiger partial charge < -0.3 is 5.32 Å². The summed E-state index contributed by atoms with van der Waals surface area (Å²) in [6.45, 7) is 8.66. The Bertz CT molecular complexity index is 257.